The Bertz CT molecular complexity index is 589. The molecular formula is C15H23FN2O2S. The summed E-state index contributed by atoms with van der Waals surface area (Å²) in [5, 5.41) is 2.93. The minimum atomic E-state index is -3.63. The Morgan fingerprint density at radius 3 is 2.81 bits per heavy atom. The average molecular weight is 314 g/mol. The van der Waals surface area contributed by atoms with Crippen LogP contribution in [0.25, 0.3) is 0 Å². The minimum Gasteiger partial charge on any atom is -0.316 e. The van der Waals surface area contributed by atoms with Crippen LogP contribution in [0.15, 0.2) is 23.1 Å². The molecule has 0 spiro atoms. The number of halogens is 1. The van der Waals surface area contributed by atoms with E-state index in [0.29, 0.717) is 31.1 Å². The number of rotatable bonds is 4. The molecular weight excluding hydrogens is 291 g/mol. The molecule has 1 aromatic rings. The van der Waals surface area contributed by atoms with E-state index in [1.807, 2.05) is 0 Å². The second-order valence-corrected chi connectivity index (χ2v) is 7.63. The molecule has 1 aliphatic rings. The van der Waals surface area contributed by atoms with Gasteiger partial charge in [-0.25, -0.2) is 12.8 Å². The predicted molar refractivity (Wildman–Crippen MR) is 80.9 cm³/mol. The third-order valence-electron chi connectivity index (χ3n) is 3.99. The van der Waals surface area contributed by atoms with Gasteiger partial charge in [0.2, 0.25) is 10.0 Å². The van der Waals surface area contributed by atoms with Gasteiger partial charge in [0.25, 0.3) is 0 Å². The van der Waals surface area contributed by atoms with Crippen LogP contribution in [-0.2, 0) is 16.6 Å². The standard InChI is InChI=1S/C15H23FN2O2S/c1-12-4-3-8-18(9-7-12)21(19,20)15-10-14(16)6-5-13(15)11-17-2/h5-6,10,12,17H,3-4,7-9,11H2,1-2H3. The molecule has 0 radical (unpaired) electrons. The Morgan fingerprint density at radius 2 is 2.10 bits per heavy atom. The van der Waals surface area contributed by atoms with Crippen molar-refractivity contribution in [3.8, 4) is 0 Å². The first kappa shape index (κ1) is 16.4. The largest absolute Gasteiger partial charge is 0.316 e. The summed E-state index contributed by atoms with van der Waals surface area (Å²) in [6.07, 6.45) is 2.76. The number of sulfonamides is 1. The van der Waals surface area contributed by atoms with Crippen molar-refractivity contribution in [2.75, 3.05) is 20.1 Å². The van der Waals surface area contributed by atoms with Crippen molar-refractivity contribution in [2.24, 2.45) is 5.92 Å². The molecule has 0 bridgehead atoms. The van der Waals surface area contributed by atoms with E-state index in [-0.39, 0.29) is 4.90 Å². The molecule has 1 unspecified atom stereocenters. The molecule has 1 saturated heterocycles. The molecule has 4 nitrogen and oxygen atoms in total. The zero-order chi connectivity index (χ0) is 15.5. The van der Waals surface area contributed by atoms with E-state index >= 15 is 0 Å². The van der Waals surface area contributed by atoms with Gasteiger partial charge in [-0.15, -0.1) is 0 Å². The fourth-order valence-corrected chi connectivity index (χ4v) is 4.45. The fraction of sp³-hybridized carbons (Fsp3) is 0.600. The summed E-state index contributed by atoms with van der Waals surface area (Å²) >= 11 is 0. The molecule has 1 N–H and O–H groups in total. The summed E-state index contributed by atoms with van der Waals surface area (Å²) in [5.41, 5.74) is 0.608. The van der Waals surface area contributed by atoms with E-state index in [4.69, 9.17) is 0 Å². The lowest BCUT2D eigenvalue weighted by molar-refractivity contribution is 0.415. The van der Waals surface area contributed by atoms with Crippen LogP contribution in [-0.4, -0.2) is 32.9 Å². The third-order valence-corrected chi connectivity index (χ3v) is 5.97. The number of nitrogens with zero attached hydrogens (tertiary/aromatic N) is 1. The van der Waals surface area contributed by atoms with Gasteiger partial charge in [0, 0.05) is 19.6 Å². The minimum absolute atomic E-state index is 0.0893. The molecule has 0 aliphatic carbocycles. The van der Waals surface area contributed by atoms with E-state index in [2.05, 4.69) is 12.2 Å². The second-order valence-electron chi connectivity index (χ2n) is 5.72. The Morgan fingerprint density at radius 1 is 1.33 bits per heavy atom. The molecule has 118 valence electrons. The second kappa shape index (κ2) is 6.85. The maximum atomic E-state index is 13.5. The molecule has 1 heterocycles. The quantitative estimate of drug-likeness (QED) is 0.928. The van der Waals surface area contributed by atoms with Gasteiger partial charge in [-0.1, -0.05) is 13.0 Å². The molecule has 1 fully saturated rings. The molecule has 0 amide bonds. The van der Waals surface area contributed by atoms with Crippen molar-refractivity contribution < 1.29 is 12.8 Å². The van der Waals surface area contributed by atoms with Crippen molar-refractivity contribution in [3.05, 3.63) is 29.6 Å². The zero-order valence-electron chi connectivity index (χ0n) is 12.6. The molecule has 6 heteroatoms. The number of nitrogens with one attached hydrogen (secondary N) is 1. The first-order valence-electron chi connectivity index (χ1n) is 7.38. The van der Waals surface area contributed by atoms with E-state index < -0.39 is 15.8 Å². The first-order valence-corrected chi connectivity index (χ1v) is 8.82. The summed E-state index contributed by atoms with van der Waals surface area (Å²) in [6.45, 7) is 3.57. The lowest BCUT2D eigenvalue weighted by Crippen LogP contribution is -2.33. The summed E-state index contributed by atoms with van der Waals surface area (Å²) in [7, 11) is -1.89. The van der Waals surface area contributed by atoms with Gasteiger partial charge in [-0.3, -0.25) is 0 Å². The Hall–Kier alpha value is -0.980. The van der Waals surface area contributed by atoms with Crippen LogP contribution in [0, 0.1) is 11.7 Å². The maximum absolute atomic E-state index is 13.5. The van der Waals surface area contributed by atoms with Gasteiger partial charge in [0.15, 0.2) is 0 Å². The fourth-order valence-electron chi connectivity index (χ4n) is 2.72. The van der Waals surface area contributed by atoms with Gasteiger partial charge in [0.1, 0.15) is 5.82 Å². The predicted octanol–water partition coefficient (Wildman–Crippen LogP) is 2.36. The average Bonchev–Trinajstić information content (AvgIpc) is 2.66. The van der Waals surface area contributed by atoms with Gasteiger partial charge < -0.3 is 5.32 Å². The van der Waals surface area contributed by atoms with Crippen LogP contribution < -0.4 is 5.32 Å². The Balaban J connectivity index is 2.36. The lowest BCUT2D eigenvalue weighted by atomic mass is 10.0. The molecule has 0 aromatic heterocycles. The molecule has 0 saturated carbocycles. The van der Waals surface area contributed by atoms with Crippen molar-refractivity contribution in [2.45, 2.75) is 37.6 Å². The lowest BCUT2D eigenvalue weighted by Gasteiger charge is -2.22. The zero-order valence-corrected chi connectivity index (χ0v) is 13.4. The highest BCUT2D eigenvalue weighted by Gasteiger charge is 2.28. The van der Waals surface area contributed by atoms with Crippen molar-refractivity contribution in [3.63, 3.8) is 0 Å². The highest BCUT2D eigenvalue weighted by Crippen LogP contribution is 2.25. The summed E-state index contributed by atoms with van der Waals surface area (Å²) in [5.74, 6) is 0.0195. The van der Waals surface area contributed by atoms with Crippen LogP contribution in [0.2, 0.25) is 0 Å². The SMILES string of the molecule is CNCc1ccc(F)cc1S(=O)(=O)N1CCCC(C)CC1. The van der Waals surface area contributed by atoms with Crippen LogP contribution in [0.3, 0.4) is 0 Å². The van der Waals surface area contributed by atoms with Crippen molar-refractivity contribution in [1.82, 2.24) is 9.62 Å². The monoisotopic (exact) mass is 314 g/mol. The molecule has 1 atom stereocenters. The molecule has 2 rings (SSSR count). The van der Waals surface area contributed by atoms with E-state index in [1.54, 1.807) is 13.1 Å². The van der Waals surface area contributed by atoms with E-state index in [0.717, 1.165) is 25.3 Å². The van der Waals surface area contributed by atoms with Gasteiger partial charge in [-0.05, 0) is 49.9 Å². The van der Waals surface area contributed by atoms with E-state index in [9.17, 15) is 12.8 Å². The third kappa shape index (κ3) is 3.81. The van der Waals surface area contributed by atoms with Gasteiger partial charge in [-0.2, -0.15) is 4.31 Å². The smallest absolute Gasteiger partial charge is 0.243 e. The van der Waals surface area contributed by atoms with Crippen LogP contribution in [0.5, 0.6) is 0 Å². The van der Waals surface area contributed by atoms with Gasteiger partial charge in [0.05, 0.1) is 4.90 Å². The van der Waals surface area contributed by atoms with Crippen LogP contribution in [0.4, 0.5) is 4.39 Å². The van der Waals surface area contributed by atoms with E-state index in [1.165, 1.54) is 10.4 Å². The van der Waals surface area contributed by atoms with Crippen LogP contribution in [0.1, 0.15) is 31.7 Å². The number of benzene rings is 1. The summed E-state index contributed by atoms with van der Waals surface area (Å²) in [4.78, 5) is 0.0893. The summed E-state index contributed by atoms with van der Waals surface area (Å²) in [6, 6.07) is 3.98. The van der Waals surface area contributed by atoms with Crippen LogP contribution >= 0.6 is 0 Å². The van der Waals surface area contributed by atoms with Crippen molar-refractivity contribution >= 4 is 10.0 Å². The molecule has 1 aliphatic heterocycles. The highest BCUT2D eigenvalue weighted by atomic mass is 32.2. The number of hydrogen-bond donors (Lipinski definition) is 1. The molecule has 1 aromatic carbocycles. The Kier molecular flexibility index (Phi) is 5.35. The summed E-state index contributed by atoms with van der Waals surface area (Å²) < 4.78 is 40.7. The van der Waals surface area contributed by atoms with Gasteiger partial charge >= 0.3 is 0 Å². The number of hydrogen-bond acceptors (Lipinski definition) is 3. The maximum Gasteiger partial charge on any atom is 0.243 e. The highest BCUT2D eigenvalue weighted by molar-refractivity contribution is 7.89. The first-order chi connectivity index (χ1) is 9.95. The van der Waals surface area contributed by atoms with Crippen molar-refractivity contribution in [1.29, 1.82) is 0 Å². The Labute approximate surface area is 126 Å². The normalized spacial score (nSPS) is 21.2. The molecule has 21 heavy (non-hydrogen) atoms. The topological polar surface area (TPSA) is 49.4 Å².